The van der Waals surface area contributed by atoms with E-state index in [-0.39, 0.29) is 5.56 Å². The van der Waals surface area contributed by atoms with Crippen molar-refractivity contribution < 1.29 is 9.18 Å². The summed E-state index contributed by atoms with van der Waals surface area (Å²) in [6.45, 7) is 4.24. The molecule has 1 aliphatic heterocycles. The molecule has 0 unspecified atom stereocenters. The fraction of sp³-hybridized carbons (Fsp3) is 0.263. The Balaban J connectivity index is 1.65. The third kappa shape index (κ3) is 3.79. The van der Waals surface area contributed by atoms with E-state index in [2.05, 4.69) is 27.6 Å². The summed E-state index contributed by atoms with van der Waals surface area (Å²) >= 11 is 0. The molecule has 3 rings (SSSR count). The number of carbonyl (C=O) groups is 1. The Labute approximate surface area is 141 Å². The zero-order valence-electron chi connectivity index (χ0n) is 13.6. The first-order chi connectivity index (χ1) is 11.6. The number of hydrogen-bond donors (Lipinski definition) is 1. The monoisotopic (exact) mass is 325 g/mol. The number of nitrogens with one attached hydrogen (secondary N) is 1. The molecule has 0 saturated carbocycles. The summed E-state index contributed by atoms with van der Waals surface area (Å²) in [5.41, 5.74) is 5.94. The van der Waals surface area contributed by atoms with Gasteiger partial charge in [0, 0.05) is 24.3 Å². The molecule has 1 fully saturated rings. The first-order valence-corrected chi connectivity index (χ1v) is 8.08. The third-order valence-corrected chi connectivity index (χ3v) is 4.18. The Kier molecular flexibility index (Phi) is 4.89. The highest BCUT2D eigenvalue weighted by atomic mass is 19.1. The third-order valence-electron chi connectivity index (χ3n) is 4.18. The topological polar surface area (TPSA) is 44.7 Å². The second kappa shape index (κ2) is 7.25. The van der Waals surface area contributed by atoms with E-state index in [4.69, 9.17) is 0 Å². The minimum Gasteiger partial charge on any atom is -0.372 e. The van der Waals surface area contributed by atoms with Gasteiger partial charge in [-0.15, -0.1) is 0 Å². The molecule has 1 saturated heterocycles. The average Bonchev–Trinajstić information content (AvgIpc) is 3.10. The van der Waals surface area contributed by atoms with Crippen LogP contribution in [-0.2, 0) is 0 Å². The van der Waals surface area contributed by atoms with Crippen LogP contribution >= 0.6 is 0 Å². The van der Waals surface area contributed by atoms with Crippen LogP contribution in [0.15, 0.2) is 47.6 Å². The lowest BCUT2D eigenvalue weighted by atomic mass is 10.1. The van der Waals surface area contributed by atoms with Gasteiger partial charge >= 0.3 is 0 Å². The number of hydrogen-bond acceptors (Lipinski definition) is 3. The van der Waals surface area contributed by atoms with Crippen LogP contribution < -0.4 is 10.3 Å². The second-order valence-corrected chi connectivity index (χ2v) is 5.94. The number of benzene rings is 2. The van der Waals surface area contributed by atoms with Gasteiger partial charge in [0.25, 0.3) is 5.91 Å². The number of anilines is 1. The first-order valence-electron chi connectivity index (χ1n) is 8.08. The van der Waals surface area contributed by atoms with Crippen LogP contribution in [0.3, 0.4) is 0 Å². The first kappa shape index (κ1) is 16.2. The summed E-state index contributed by atoms with van der Waals surface area (Å²) in [5, 5.41) is 3.98. The maximum Gasteiger partial charge on any atom is 0.271 e. The molecule has 0 aliphatic carbocycles. The molecule has 2 aromatic carbocycles. The summed E-state index contributed by atoms with van der Waals surface area (Å²) in [6.07, 6.45) is 4.10. The summed E-state index contributed by atoms with van der Waals surface area (Å²) in [5.74, 6) is -0.878. The van der Waals surface area contributed by atoms with Crippen molar-refractivity contribution in [3.05, 3.63) is 65.0 Å². The smallest absolute Gasteiger partial charge is 0.271 e. The van der Waals surface area contributed by atoms with E-state index in [0.717, 1.165) is 24.2 Å². The van der Waals surface area contributed by atoms with Crippen LogP contribution in [0, 0.1) is 12.7 Å². The number of carbonyl (C=O) groups excluding carboxylic acids is 1. The van der Waals surface area contributed by atoms with Crippen molar-refractivity contribution in [2.45, 2.75) is 19.8 Å². The Morgan fingerprint density at radius 1 is 1.21 bits per heavy atom. The SMILES string of the molecule is Cc1cc(N2CCCC2)ccc1/C=N\NC(=O)c1cccc(F)c1. The fourth-order valence-corrected chi connectivity index (χ4v) is 2.83. The van der Waals surface area contributed by atoms with Crippen LogP contribution in [0.25, 0.3) is 0 Å². The summed E-state index contributed by atoms with van der Waals surface area (Å²) in [7, 11) is 0. The van der Waals surface area contributed by atoms with Crippen molar-refractivity contribution in [2.24, 2.45) is 5.10 Å². The molecule has 5 heteroatoms. The van der Waals surface area contributed by atoms with Gasteiger partial charge in [0.1, 0.15) is 5.82 Å². The van der Waals surface area contributed by atoms with Gasteiger partial charge in [-0.3, -0.25) is 4.79 Å². The van der Waals surface area contributed by atoms with E-state index in [1.54, 1.807) is 12.3 Å². The molecule has 2 aromatic rings. The predicted octanol–water partition coefficient (Wildman–Crippen LogP) is 3.50. The Morgan fingerprint density at radius 3 is 2.71 bits per heavy atom. The highest BCUT2D eigenvalue weighted by molar-refractivity contribution is 5.95. The quantitative estimate of drug-likeness (QED) is 0.691. The molecule has 24 heavy (non-hydrogen) atoms. The van der Waals surface area contributed by atoms with Crippen LogP contribution in [0.2, 0.25) is 0 Å². The lowest BCUT2D eigenvalue weighted by Crippen LogP contribution is -2.18. The molecular weight excluding hydrogens is 305 g/mol. The van der Waals surface area contributed by atoms with Gasteiger partial charge in [0.05, 0.1) is 6.21 Å². The Morgan fingerprint density at radius 2 is 2.00 bits per heavy atom. The molecule has 0 bridgehead atoms. The van der Waals surface area contributed by atoms with E-state index < -0.39 is 11.7 Å². The van der Waals surface area contributed by atoms with Crippen molar-refractivity contribution in [2.75, 3.05) is 18.0 Å². The highest BCUT2D eigenvalue weighted by Gasteiger charge is 2.12. The molecule has 1 N–H and O–H groups in total. The number of hydrazone groups is 1. The molecule has 1 aliphatic rings. The number of amides is 1. The van der Waals surface area contributed by atoms with Gasteiger partial charge in [-0.2, -0.15) is 5.10 Å². The standard InChI is InChI=1S/C19H20FN3O/c1-14-11-18(23-9-2-3-10-23)8-7-16(14)13-21-22-19(24)15-5-4-6-17(20)12-15/h4-8,11-13H,2-3,9-10H2,1H3,(H,22,24)/b21-13-. The second-order valence-electron chi connectivity index (χ2n) is 5.94. The van der Waals surface area contributed by atoms with Crippen LogP contribution in [-0.4, -0.2) is 25.2 Å². The van der Waals surface area contributed by atoms with Gasteiger partial charge in [-0.25, -0.2) is 9.82 Å². The molecule has 0 atom stereocenters. The van der Waals surface area contributed by atoms with E-state index in [0.29, 0.717) is 0 Å². The average molecular weight is 325 g/mol. The largest absolute Gasteiger partial charge is 0.372 e. The zero-order valence-corrected chi connectivity index (χ0v) is 13.6. The number of rotatable bonds is 4. The lowest BCUT2D eigenvalue weighted by molar-refractivity contribution is 0.0954. The van der Waals surface area contributed by atoms with E-state index in [1.807, 2.05) is 13.0 Å². The maximum absolute atomic E-state index is 13.1. The number of aryl methyl sites for hydroxylation is 1. The summed E-state index contributed by atoms with van der Waals surface area (Å²) in [4.78, 5) is 14.3. The van der Waals surface area contributed by atoms with E-state index >= 15 is 0 Å². The van der Waals surface area contributed by atoms with E-state index in [1.165, 1.54) is 36.7 Å². The Hall–Kier alpha value is -2.69. The lowest BCUT2D eigenvalue weighted by Gasteiger charge is -2.18. The zero-order chi connectivity index (χ0) is 16.9. The van der Waals surface area contributed by atoms with Crippen molar-refractivity contribution in [3.8, 4) is 0 Å². The molecule has 1 heterocycles. The van der Waals surface area contributed by atoms with Gasteiger partial charge in [0.2, 0.25) is 0 Å². The van der Waals surface area contributed by atoms with Crippen molar-refractivity contribution in [3.63, 3.8) is 0 Å². The maximum atomic E-state index is 13.1. The number of halogens is 1. The summed E-state index contributed by atoms with van der Waals surface area (Å²) < 4.78 is 13.1. The molecule has 0 radical (unpaired) electrons. The van der Waals surface area contributed by atoms with Crippen molar-refractivity contribution in [1.82, 2.24) is 5.43 Å². The molecule has 0 aromatic heterocycles. The molecule has 124 valence electrons. The van der Waals surface area contributed by atoms with Gasteiger partial charge in [-0.05, 0) is 61.2 Å². The molecular formula is C19H20FN3O. The number of nitrogens with zero attached hydrogens (tertiary/aromatic N) is 2. The van der Waals surface area contributed by atoms with Crippen LogP contribution in [0.4, 0.5) is 10.1 Å². The molecule has 1 amide bonds. The van der Waals surface area contributed by atoms with Gasteiger partial charge < -0.3 is 4.90 Å². The highest BCUT2D eigenvalue weighted by Crippen LogP contribution is 2.22. The van der Waals surface area contributed by atoms with E-state index in [9.17, 15) is 9.18 Å². The molecule has 4 nitrogen and oxygen atoms in total. The predicted molar refractivity (Wildman–Crippen MR) is 94.1 cm³/mol. The van der Waals surface area contributed by atoms with Crippen molar-refractivity contribution in [1.29, 1.82) is 0 Å². The minimum absolute atomic E-state index is 0.244. The van der Waals surface area contributed by atoms with Gasteiger partial charge in [0.15, 0.2) is 0 Å². The van der Waals surface area contributed by atoms with Crippen LogP contribution in [0.1, 0.15) is 34.3 Å². The fourth-order valence-electron chi connectivity index (χ4n) is 2.83. The van der Waals surface area contributed by atoms with Crippen LogP contribution in [0.5, 0.6) is 0 Å². The summed E-state index contributed by atoms with van der Waals surface area (Å²) in [6, 6.07) is 11.7. The Bertz CT molecular complexity index is 767. The van der Waals surface area contributed by atoms with Crippen molar-refractivity contribution >= 4 is 17.8 Å². The molecule has 0 spiro atoms. The van der Waals surface area contributed by atoms with Gasteiger partial charge in [-0.1, -0.05) is 12.1 Å². The normalized spacial score (nSPS) is 14.3. The minimum atomic E-state index is -0.444.